The van der Waals surface area contributed by atoms with E-state index in [0.29, 0.717) is 6.04 Å². The van der Waals surface area contributed by atoms with Crippen molar-refractivity contribution in [3.8, 4) is 0 Å². The SMILES string of the molecule is COC(=O)C(C)(CCCCOC(C)(C)C)NC1CC1. The lowest BCUT2D eigenvalue weighted by atomic mass is 9.94. The number of nitrogens with one attached hydrogen (secondary N) is 1. The summed E-state index contributed by atoms with van der Waals surface area (Å²) in [6.07, 6.45) is 5.06. The Balaban J connectivity index is 2.30. The number of rotatable bonds is 8. The van der Waals surface area contributed by atoms with Crippen LogP contribution in [-0.2, 0) is 14.3 Å². The van der Waals surface area contributed by atoms with Gasteiger partial charge >= 0.3 is 5.97 Å². The number of hydrogen-bond donors (Lipinski definition) is 1. The van der Waals surface area contributed by atoms with Gasteiger partial charge in [0.2, 0.25) is 0 Å². The minimum Gasteiger partial charge on any atom is -0.468 e. The minimum absolute atomic E-state index is 0.0854. The lowest BCUT2D eigenvalue weighted by Gasteiger charge is -2.28. The van der Waals surface area contributed by atoms with Crippen LogP contribution in [0.1, 0.15) is 59.8 Å². The van der Waals surface area contributed by atoms with Gasteiger partial charge < -0.3 is 9.47 Å². The molecule has 0 aromatic carbocycles. The van der Waals surface area contributed by atoms with Crippen LogP contribution in [0.4, 0.5) is 0 Å². The highest BCUT2D eigenvalue weighted by molar-refractivity contribution is 5.80. The summed E-state index contributed by atoms with van der Waals surface area (Å²) >= 11 is 0. The van der Waals surface area contributed by atoms with Crippen LogP contribution in [0.3, 0.4) is 0 Å². The molecule has 1 N–H and O–H groups in total. The van der Waals surface area contributed by atoms with Gasteiger partial charge in [0.05, 0.1) is 12.7 Å². The third kappa shape index (κ3) is 6.39. The third-order valence-electron chi connectivity index (χ3n) is 3.34. The van der Waals surface area contributed by atoms with Gasteiger partial charge in [0, 0.05) is 12.6 Å². The van der Waals surface area contributed by atoms with E-state index in [1.54, 1.807) is 0 Å². The molecule has 0 bridgehead atoms. The van der Waals surface area contributed by atoms with Crippen molar-refractivity contribution in [3.05, 3.63) is 0 Å². The van der Waals surface area contributed by atoms with Gasteiger partial charge in [0.25, 0.3) is 0 Å². The fourth-order valence-corrected chi connectivity index (χ4v) is 2.10. The van der Waals surface area contributed by atoms with Gasteiger partial charge in [-0.05, 0) is 59.8 Å². The van der Waals surface area contributed by atoms with Gasteiger partial charge in [-0.2, -0.15) is 0 Å². The smallest absolute Gasteiger partial charge is 0.325 e. The van der Waals surface area contributed by atoms with Crippen LogP contribution in [0.15, 0.2) is 0 Å². The summed E-state index contributed by atoms with van der Waals surface area (Å²) in [6.45, 7) is 8.85. The number of hydrogen-bond acceptors (Lipinski definition) is 4. The van der Waals surface area contributed by atoms with Gasteiger partial charge in [-0.3, -0.25) is 10.1 Å². The lowest BCUT2D eigenvalue weighted by molar-refractivity contribution is -0.148. The molecule has 1 unspecified atom stereocenters. The Hall–Kier alpha value is -0.610. The number of ether oxygens (including phenoxy) is 2. The largest absolute Gasteiger partial charge is 0.468 e. The quantitative estimate of drug-likeness (QED) is 0.544. The summed E-state index contributed by atoms with van der Waals surface area (Å²) in [6, 6.07) is 0.495. The van der Waals surface area contributed by atoms with Gasteiger partial charge in [-0.1, -0.05) is 0 Å². The van der Waals surface area contributed by atoms with E-state index in [1.807, 2.05) is 6.92 Å². The van der Waals surface area contributed by atoms with Crippen molar-refractivity contribution < 1.29 is 14.3 Å². The maximum absolute atomic E-state index is 11.9. The summed E-state index contributed by atoms with van der Waals surface area (Å²) in [5, 5.41) is 3.41. The van der Waals surface area contributed by atoms with E-state index in [4.69, 9.17) is 9.47 Å². The fraction of sp³-hybridized carbons (Fsp3) is 0.933. The van der Waals surface area contributed by atoms with Crippen molar-refractivity contribution in [1.82, 2.24) is 5.32 Å². The van der Waals surface area contributed by atoms with Crippen LogP contribution in [0.25, 0.3) is 0 Å². The van der Waals surface area contributed by atoms with E-state index < -0.39 is 5.54 Å². The zero-order chi connectivity index (χ0) is 14.5. The molecule has 0 saturated heterocycles. The highest BCUT2D eigenvalue weighted by atomic mass is 16.5. The predicted octanol–water partition coefficient (Wildman–Crippen LogP) is 2.66. The maximum atomic E-state index is 11.9. The Labute approximate surface area is 117 Å². The topological polar surface area (TPSA) is 47.6 Å². The Morgan fingerprint density at radius 1 is 1.21 bits per heavy atom. The van der Waals surface area contributed by atoms with Crippen LogP contribution in [-0.4, -0.2) is 36.9 Å². The zero-order valence-electron chi connectivity index (χ0n) is 13.0. The number of esters is 1. The van der Waals surface area contributed by atoms with E-state index in [-0.39, 0.29) is 11.6 Å². The van der Waals surface area contributed by atoms with Crippen LogP contribution >= 0.6 is 0 Å². The van der Waals surface area contributed by atoms with Crippen LogP contribution in [0.2, 0.25) is 0 Å². The predicted molar refractivity (Wildman–Crippen MR) is 76.1 cm³/mol. The molecular weight excluding hydrogens is 242 g/mol. The molecule has 1 fully saturated rings. The molecular formula is C15H29NO3. The Kier molecular flexibility index (Phi) is 5.81. The average molecular weight is 271 g/mol. The first kappa shape index (κ1) is 16.4. The second-order valence-electron chi connectivity index (χ2n) is 6.66. The van der Waals surface area contributed by atoms with Gasteiger partial charge in [-0.25, -0.2) is 0 Å². The van der Waals surface area contributed by atoms with E-state index in [2.05, 4.69) is 26.1 Å². The van der Waals surface area contributed by atoms with Gasteiger partial charge in [0.1, 0.15) is 5.54 Å². The van der Waals surface area contributed by atoms with Crippen LogP contribution < -0.4 is 5.32 Å². The molecule has 1 atom stereocenters. The van der Waals surface area contributed by atoms with E-state index in [9.17, 15) is 4.79 Å². The summed E-state index contributed by atoms with van der Waals surface area (Å²) in [5.41, 5.74) is -0.629. The third-order valence-corrected chi connectivity index (χ3v) is 3.34. The Morgan fingerprint density at radius 3 is 2.32 bits per heavy atom. The molecule has 0 spiro atoms. The van der Waals surface area contributed by atoms with Gasteiger partial charge in [-0.15, -0.1) is 0 Å². The first-order chi connectivity index (χ1) is 8.77. The molecule has 4 heteroatoms. The highest BCUT2D eigenvalue weighted by Gasteiger charge is 2.38. The number of carbonyl (C=O) groups is 1. The molecule has 0 amide bonds. The molecule has 1 saturated carbocycles. The standard InChI is InChI=1S/C15H29NO3/c1-14(2,3)19-11-7-6-10-15(4,13(17)18-5)16-12-8-9-12/h12,16H,6-11H2,1-5H3. The van der Waals surface area contributed by atoms with E-state index in [1.165, 1.54) is 20.0 Å². The molecule has 0 radical (unpaired) electrons. The molecule has 0 heterocycles. The number of methoxy groups -OCH3 is 1. The van der Waals surface area contributed by atoms with Crippen molar-refractivity contribution in [2.75, 3.05) is 13.7 Å². The number of unbranched alkanes of at least 4 members (excludes halogenated alkanes) is 1. The van der Waals surface area contributed by atoms with Crippen molar-refractivity contribution in [2.24, 2.45) is 0 Å². The monoisotopic (exact) mass is 271 g/mol. The first-order valence-electron chi connectivity index (χ1n) is 7.27. The van der Waals surface area contributed by atoms with Gasteiger partial charge in [0.15, 0.2) is 0 Å². The van der Waals surface area contributed by atoms with Crippen molar-refractivity contribution in [3.63, 3.8) is 0 Å². The fourth-order valence-electron chi connectivity index (χ4n) is 2.10. The van der Waals surface area contributed by atoms with Crippen LogP contribution in [0, 0.1) is 0 Å². The molecule has 1 aliphatic carbocycles. The second kappa shape index (κ2) is 6.71. The molecule has 0 aromatic rings. The lowest BCUT2D eigenvalue weighted by Crippen LogP contribution is -2.51. The maximum Gasteiger partial charge on any atom is 0.325 e. The Morgan fingerprint density at radius 2 is 1.84 bits per heavy atom. The average Bonchev–Trinajstić information content (AvgIpc) is 3.09. The van der Waals surface area contributed by atoms with Crippen molar-refractivity contribution in [1.29, 1.82) is 0 Å². The molecule has 19 heavy (non-hydrogen) atoms. The summed E-state index contributed by atoms with van der Waals surface area (Å²) < 4.78 is 10.6. The summed E-state index contributed by atoms with van der Waals surface area (Å²) in [4.78, 5) is 11.9. The summed E-state index contributed by atoms with van der Waals surface area (Å²) in [5.74, 6) is -0.156. The molecule has 4 nitrogen and oxygen atoms in total. The second-order valence-corrected chi connectivity index (χ2v) is 6.66. The van der Waals surface area contributed by atoms with Crippen molar-refractivity contribution in [2.45, 2.75) is 77.0 Å². The zero-order valence-corrected chi connectivity index (χ0v) is 13.0. The molecule has 1 rings (SSSR count). The van der Waals surface area contributed by atoms with Crippen LogP contribution in [0.5, 0.6) is 0 Å². The summed E-state index contributed by atoms with van der Waals surface area (Å²) in [7, 11) is 1.46. The van der Waals surface area contributed by atoms with Crippen molar-refractivity contribution >= 4 is 5.97 Å². The van der Waals surface area contributed by atoms with E-state index >= 15 is 0 Å². The molecule has 1 aliphatic rings. The molecule has 0 aromatic heterocycles. The normalized spacial score (nSPS) is 19.0. The molecule has 0 aliphatic heterocycles. The first-order valence-corrected chi connectivity index (χ1v) is 7.27. The highest BCUT2D eigenvalue weighted by Crippen LogP contribution is 2.26. The Bertz CT molecular complexity index is 294. The minimum atomic E-state index is -0.544. The number of carbonyl (C=O) groups excluding carboxylic acids is 1. The molecule has 112 valence electrons. The van der Waals surface area contributed by atoms with E-state index in [0.717, 1.165) is 25.9 Å².